The van der Waals surface area contributed by atoms with Gasteiger partial charge >= 0.3 is 0 Å². The predicted octanol–water partition coefficient (Wildman–Crippen LogP) is 3.66. The number of rotatable bonds is 3. The second kappa shape index (κ2) is 7.76. The maximum absolute atomic E-state index is 6.65. The fourth-order valence-electron chi connectivity index (χ4n) is 4.94. The molecule has 1 saturated heterocycles. The number of nitrogens with zero attached hydrogens (tertiary/aromatic N) is 7. The number of halogens is 2. The number of nitrogens with two attached hydrogens (primary N) is 2. The van der Waals surface area contributed by atoms with Crippen molar-refractivity contribution in [2.24, 2.45) is 11.1 Å². The van der Waals surface area contributed by atoms with Gasteiger partial charge < -0.3 is 16.4 Å². The summed E-state index contributed by atoms with van der Waals surface area (Å²) >= 11 is 14.1. The number of hydrogen-bond acceptors (Lipinski definition) is 8. The number of nitrogen functional groups attached to an aromatic ring is 1. The summed E-state index contributed by atoms with van der Waals surface area (Å²) in [7, 11) is 0. The first-order chi connectivity index (χ1) is 16.0. The minimum atomic E-state index is -0.104. The highest BCUT2D eigenvalue weighted by Crippen LogP contribution is 2.49. The number of aromatic nitrogens is 6. The molecule has 4 N–H and O–H groups in total. The van der Waals surface area contributed by atoms with Gasteiger partial charge in [-0.15, -0.1) is 0 Å². The van der Waals surface area contributed by atoms with Gasteiger partial charge in [0.2, 0.25) is 5.95 Å². The van der Waals surface area contributed by atoms with Crippen LogP contribution < -0.4 is 16.4 Å². The van der Waals surface area contributed by atoms with Crippen LogP contribution in [0.2, 0.25) is 10.0 Å². The van der Waals surface area contributed by atoms with Gasteiger partial charge in [-0.05, 0) is 18.9 Å². The minimum Gasteiger partial charge on any atom is -0.382 e. The maximum Gasteiger partial charge on any atom is 0.211 e. The molecule has 4 aromatic rings. The van der Waals surface area contributed by atoms with E-state index in [-0.39, 0.29) is 11.5 Å². The van der Waals surface area contributed by atoms with Gasteiger partial charge in [0.05, 0.1) is 32.9 Å². The summed E-state index contributed by atoms with van der Waals surface area (Å²) in [5.41, 5.74) is 14.3. The fraction of sp³-hybridized carbons (Fsp3) is 0.333. The molecule has 0 bridgehead atoms. The van der Waals surface area contributed by atoms with Crippen LogP contribution in [0.15, 0.2) is 46.8 Å². The Morgan fingerprint density at radius 2 is 1.88 bits per heavy atom. The monoisotopic (exact) mass is 501 g/mol. The SMILES string of the molecule is Nc1nccc(Sc2cnc(N3CCC4(CC3)Cn3ncc(Cl)c3C4N)n3ccnc23)c1Cl. The molecule has 0 saturated carbocycles. The highest BCUT2D eigenvalue weighted by molar-refractivity contribution is 7.99. The summed E-state index contributed by atoms with van der Waals surface area (Å²) in [4.78, 5) is 17.4. The van der Waals surface area contributed by atoms with Gasteiger partial charge in [-0.25, -0.2) is 15.0 Å². The number of anilines is 2. The van der Waals surface area contributed by atoms with Gasteiger partial charge in [-0.3, -0.25) is 9.08 Å². The Kier molecular flexibility index (Phi) is 4.95. The largest absolute Gasteiger partial charge is 0.382 e. The molecule has 12 heteroatoms. The van der Waals surface area contributed by atoms with Crippen LogP contribution in [0.3, 0.4) is 0 Å². The van der Waals surface area contributed by atoms with Crippen LogP contribution in [-0.4, -0.2) is 42.2 Å². The third-order valence-corrected chi connectivity index (χ3v) is 8.64. The Morgan fingerprint density at radius 1 is 1.06 bits per heavy atom. The standard InChI is InChI=1S/C21H21Cl2N9S/c22-12-9-29-32-11-21(17(24)16(12)32)2-6-30(7-3-21)20-28-10-14(19-27-5-8-31(19)20)33-13-1-4-26-18(25)15(13)23/h1,4-5,8-10,17H,2-3,6-7,11,24H2,(H2,25,26). The Labute approximate surface area is 204 Å². The summed E-state index contributed by atoms with van der Waals surface area (Å²) < 4.78 is 3.99. The van der Waals surface area contributed by atoms with Gasteiger partial charge in [0, 0.05) is 54.7 Å². The third-order valence-electron chi connectivity index (χ3n) is 6.77. The van der Waals surface area contributed by atoms with Crippen LogP contribution in [0.1, 0.15) is 24.6 Å². The van der Waals surface area contributed by atoms with Crippen LogP contribution in [0.25, 0.3) is 5.65 Å². The zero-order valence-corrected chi connectivity index (χ0v) is 19.9. The molecule has 1 spiro atoms. The lowest BCUT2D eigenvalue weighted by Crippen LogP contribution is -2.45. The van der Waals surface area contributed by atoms with E-state index in [1.807, 2.05) is 27.5 Å². The van der Waals surface area contributed by atoms with Crippen LogP contribution in [0.4, 0.5) is 11.8 Å². The van der Waals surface area contributed by atoms with Crippen LogP contribution in [0, 0.1) is 5.41 Å². The summed E-state index contributed by atoms with van der Waals surface area (Å²) in [6.45, 7) is 2.49. The lowest BCUT2D eigenvalue weighted by molar-refractivity contribution is 0.170. The molecule has 0 amide bonds. The van der Waals surface area contributed by atoms with Gasteiger partial charge in [0.15, 0.2) is 5.65 Å². The number of pyridine rings is 1. The van der Waals surface area contributed by atoms with Gasteiger partial charge in [0.25, 0.3) is 0 Å². The molecular formula is C21H21Cl2N9S. The third kappa shape index (κ3) is 3.27. The molecule has 33 heavy (non-hydrogen) atoms. The zero-order chi connectivity index (χ0) is 22.7. The Morgan fingerprint density at radius 3 is 2.67 bits per heavy atom. The van der Waals surface area contributed by atoms with E-state index in [4.69, 9.17) is 39.7 Å². The van der Waals surface area contributed by atoms with E-state index in [1.54, 1.807) is 18.6 Å². The highest BCUT2D eigenvalue weighted by Gasteiger charge is 2.48. The smallest absolute Gasteiger partial charge is 0.211 e. The van der Waals surface area contributed by atoms with E-state index >= 15 is 0 Å². The van der Waals surface area contributed by atoms with Crippen molar-refractivity contribution in [3.05, 3.63) is 52.8 Å². The quantitative estimate of drug-likeness (QED) is 0.436. The van der Waals surface area contributed by atoms with E-state index in [1.165, 1.54) is 11.8 Å². The van der Waals surface area contributed by atoms with Crippen LogP contribution in [-0.2, 0) is 6.54 Å². The normalized spacial score (nSPS) is 19.5. The molecule has 9 nitrogen and oxygen atoms in total. The van der Waals surface area contributed by atoms with Crippen LogP contribution in [0.5, 0.6) is 0 Å². The molecule has 6 rings (SSSR count). The van der Waals surface area contributed by atoms with Crippen molar-refractivity contribution in [1.29, 1.82) is 0 Å². The van der Waals surface area contributed by atoms with Crippen molar-refractivity contribution in [3.63, 3.8) is 0 Å². The van der Waals surface area contributed by atoms with Crippen molar-refractivity contribution >= 4 is 52.4 Å². The van der Waals surface area contributed by atoms with Crippen molar-refractivity contribution in [1.82, 2.24) is 29.1 Å². The Bertz CT molecular complexity index is 1360. The van der Waals surface area contributed by atoms with E-state index in [2.05, 4.69) is 20.0 Å². The molecule has 170 valence electrons. The van der Waals surface area contributed by atoms with Crippen molar-refractivity contribution in [2.75, 3.05) is 23.7 Å². The maximum atomic E-state index is 6.65. The summed E-state index contributed by atoms with van der Waals surface area (Å²) in [6, 6.07) is 1.73. The first kappa shape index (κ1) is 21.0. The second-order valence-electron chi connectivity index (χ2n) is 8.52. The van der Waals surface area contributed by atoms with Crippen molar-refractivity contribution in [2.45, 2.75) is 35.2 Å². The number of hydrogen-bond donors (Lipinski definition) is 2. The Balaban J connectivity index is 1.25. The van der Waals surface area contributed by atoms with E-state index in [9.17, 15) is 0 Å². The second-order valence-corrected chi connectivity index (χ2v) is 10.4. The molecule has 1 atom stereocenters. The molecule has 2 aliphatic rings. The Hall–Kier alpha value is -2.53. The van der Waals surface area contributed by atoms with Gasteiger partial charge in [-0.2, -0.15) is 5.10 Å². The molecule has 2 aliphatic heterocycles. The van der Waals surface area contributed by atoms with E-state index in [0.29, 0.717) is 15.9 Å². The van der Waals surface area contributed by atoms with Gasteiger partial charge in [0.1, 0.15) is 5.82 Å². The average Bonchev–Trinajstić information content (AvgIpc) is 3.50. The number of piperidine rings is 1. The summed E-state index contributed by atoms with van der Waals surface area (Å²) in [5, 5.41) is 5.50. The van der Waals surface area contributed by atoms with E-state index in [0.717, 1.165) is 59.6 Å². The molecule has 1 unspecified atom stereocenters. The zero-order valence-electron chi connectivity index (χ0n) is 17.5. The molecular weight excluding hydrogens is 481 g/mol. The average molecular weight is 502 g/mol. The number of fused-ring (bicyclic) bond motifs is 2. The molecule has 0 aliphatic carbocycles. The predicted molar refractivity (Wildman–Crippen MR) is 129 cm³/mol. The fourth-order valence-corrected chi connectivity index (χ4v) is 6.34. The van der Waals surface area contributed by atoms with E-state index < -0.39 is 0 Å². The lowest BCUT2D eigenvalue weighted by atomic mass is 9.74. The molecule has 4 aromatic heterocycles. The lowest BCUT2D eigenvalue weighted by Gasteiger charge is -2.41. The summed E-state index contributed by atoms with van der Waals surface area (Å²) in [6.07, 6.45) is 10.8. The summed E-state index contributed by atoms with van der Waals surface area (Å²) in [5.74, 6) is 1.17. The molecule has 0 aromatic carbocycles. The first-order valence-electron chi connectivity index (χ1n) is 10.6. The molecule has 0 radical (unpaired) electrons. The molecule has 6 heterocycles. The minimum absolute atomic E-state index is 0.0222. The van der Waals surface area contributed by atoms with Crippen molar-refractivity contribution in [3.8, 4) is 0 Å². The van der Waals surface area contributed by atoms with Crippen LogP contribution >= 0.6 is 35.0 Å². The van der Waals surface area contributed by atoms with Gasteiger partial charge in [-0.1, -0.05) is 35.0 Å². The number of imidazole rings is 1. The molecule has 1 fully saturated rings. The first-order valence-corrected chi connectivity index (χ1v) is 12.2. The van der Waals surface area contributed by atoms with Crippen molar-refractivity contribution < 1.29 is 0 Å². The highest BCUT2D eigenvalue weighted by atomic mass is 35.5. The topological polar surface area (TPSA) is 116 Å².